The van der Waals surface area contributed by atoms with E-state index in [9.17, 15) is 19.5 Å². The van der Waals surface area contributed by atoms with E-state index >= 15 is 0 Å². The Morgan fingerprint density at radius 3 is 2.24 bits per heavy atom. The Morgan fingerprint density at radius 2 is 1.69 bits per heavy atom. The van der Waals surface area contributed by atoms with Crippen LogP contribution in [0.2, 0.25) is 0 Å². The van der Waals surface area contributed by atoms with Gasteiger partial charge in [0.1, 0.15) is 0 Å². The standard InChI is InChI=1S/C33H55N3O6/c1-10-22(4)30(35(7)28(37)19-21(2)3)27(41-8)20-29(38)36-18-14-17-26(36)32(42-9)23(5)33(40)34-24(6)31(39)25-15-12-11-13-16-25/h11-13,15-16,21-24,26-27,30-32,39H,10,14,17-20H2,1-9H3,(H,34,40)/t22-,23+,24?,26?,27+,30-,31+,32+/m0/s1. The molecule has 0 saturated carbocycles. The van der Waals surface area contributed by atoms with Crippen molar-refractivity contribution in [1.29, 1.82) is 0 Å². The lowest BCUT2D eigenvalue weighted by atomic mass is 9.90. The number of carbonyl (C=O) groups excluding carboxylic acids is 3. The summed E-state index contributed by atoms with van der Waals surface area (Å²) in [5.41, 5.74) is 0.730. The van der Waals surface area contributed by atoms with Crippen LogP contribution in [-0.4, -0.2) is 90.8 Å². The highest BCUT2D eigenvalue weighted by molar-refractivity contribution is 5.81. The zero-order valence-electron chi connectivity index (χ0n) is 27.2. The minimum atomic E-state index is -0.845. The number of ether oxygens (including phenoxy) is 2. The van der Waals surface area contributed by atoms with Gasteiger partial charge >= 0.3 is 0 Å². The van der Waals surface area contributed by atoms with Gasteiger partial charge in [0.05, 0.1) is 48.8 Å². The molecule has 0 aromatic heterocycles. The lowest BCUT2D eigenvalue weighted by Crippen LogP contribution is -2.53. The first-order chi connectivity index (χ1) is 19.9. The highest BCUT2D eigenvalue weighted by Crippen LogP contribution is 2.30. The van der Waals surface area contributed by atoms with E-state index < -0.39 is 30.3 Å². The third-order valence-electron chi connectivity index (χ3n) is 8.87. The maximum atomic E-state index is 13.8. The Morgan fingerprint density at radius 1 is 1.05 bits per heavy atom. The Kier molecular flexibility index (Phi) is 14.4. The van der Waals surface area contributed by atoms with Gasteiger partial charge in [0.15, 0.2) is 0 Å². The summed E-state index contributed by atoms with van der Waals surface area (Å²) in [4.78, 5) is 43.7. The van der Waals surface area contributed by atoms with Gasteiger partial charge in [0.2, 0.25) is 17.7 Å². The SMILES string of the molecule is CC[C@H](C)[C@@H]([C@@H](CC(=O)N1CCCC1[C@H](OC)[C@@H](C)C(=O)NC(C)[C@@H](O)c1ccccc1)OC)N(C)C(=O)CC(C)C. The van der Waals surface area contributed by atoms with Crippen LogP contribution >= 0.6 is 0 Å². The summed E-state index contributed by atoms with van der Waals surface area (Å²) in [6, 6.07) is 8.22. The van der Waals surface area contributed by atoms with E-state index in [1.165, 1.54) is 0 Å². The van der Waals surface area contributed by atoms with E-state index in [4.69, 9.17) is 9.47 Å². The Bertz CT molecular complexity index is 989. The molecule has 2 rings (SSSR count). The van der Waals surface area contributed by atoms with Crippen LogP contribution in [0, 0.1) is 17.8 Å². The number of likely N-dealkylation sites (tertiary alicyclic amines) is 1. The number of benzene rings is 1. The van der Waals surface area contributed by atoms with Crippen LogP contribution in [0.5, 0.6) is 0 Å². The average Bonchev–Trinajstić information content (AvgIpc) is 3.46. The van der Waals surface area contributed by atoms with Crippen molar-refractivity contribution in [2.24, 2.45) is 17.8 Å². The molecule has 9 heteroatoms. The van der Waals surface area contributed by atoms with Gasteiger partial charge in [-0.05, 0) is 37.2 Å². The molecule has 1 aromatic rings. The summed E-state index contributed by atoms with van der Waals surface area (Å²) in [5.74, 6) is -0.424. The third-order valence-corrected chi connectivity index (χ3v) is 8.87. The van der Waals surface area contributed by atoms with Crippen LogP contribution in [0.4, 0.5) is 0 Å². The van der Waals surface area contributed by atoms with Crippen molar-refractivity contribution in [3.05, 3.63) is 35.9 Å². The number of amides is 3. The second-order valence-corrected chi connectivity index (χ2v) is 12.4. The lowest BCUT2D eigenvalue weighted by molar-refractivity contribution is -0.146. The first kappa shape index (κ1) is 35.7. The summed E-state index contributed by atoms with van der Waals surface area (Å²) in [7, 11) is 4.99. The highest BCUT2D eigenvalue weighted by Gasteiger charge is 2.42. The van der Waals surface area contributed by atoms with Gasteiger partial charge in [0.25, 0.3) is 0 Å². The Hall–Kier alpha value is -2.49. The first-order valence-electron chi connectivity index (χ1n) is 15.5. The molecule has 9 nitrogen and oxygen atoms in total. The van der Waals surface area contributed by atoms with Crippen LogP contribution in [0.15, 0.2) is 30.3 Å². The minimum Gasteiger partial charge on any atom is -0.386 e. The highest BCUT2D eigenvalue weighted by atomic mass is 16.5. The zero-order valence-corrected chi connectivity index (χ0v) is 27.2. The molecule has 0 spiro atoms. The Balaban J connectivity index is 2.15. The van der Waals surface area contributed by atoms with Gasteiger partial charge < -0.3 is 29.7 Å². The molecule has 1 aliphatic heterocycles. The third kappa shape index (κ3) is 9.25. The molecule has 1 saturated heterocycles. The van der Waals surface area contributed by atoms with Gasteiger partial charge in [-0.3, -0.25) is 14.4 Å². The van der Waals surface area contributed by atoms with E-state index in [0.717, 1.165) is 24.8 Å². The average molecular weight is 590 g/mol. The van der Waals surface area contributed by atoms with E-state index in [1.807, 2.05) is 56.1 Å². The summed E-state index contributed by atoms with van der Waals surface area (Å²) in [6.45, 7) is 12.4. The number of hydrogen-bond acceptors (Lipinski definition) is 6. The summed E-state index contributed by atoms with van der Waals surface area (Å²) < 4.78 is 11.8. The van der Waals surface area contributed by atoms with E-state index in [2.05, 4.69) is 19.2 Å². The largest absolute Gasteiger partial charge is 0.386 e. The molecule has 8 atom stereocenters. The number of aliphatic hydroxyl groups is 1. The maximum Gasteiger partial charge on any atom is 0.225 e. The summed E-state index contributed by atoms with van der Waals surface area (Å²) in [5, 5.41) is 13.7. The molecule has 2 N–H and O–H groups in total. The fourth-order valence-corrected chi connectivity index (χ4v) is 6.19. The second kappa shape index (κ2) is 17.0. The van der Waals surface area contributed by atoms with E-state index in [0.29, 0.717) is 13.0 Å². The van der Waals surface area contributed by atoms with Gasteiger partial charge in [-0.2, -0.15) is 0 Å². The number of nitrogens with zero attached hydrogens (tertiary/aromatic N) is 2. The summed E-state index contributed by atoms with van der Waals surface area (Å²) in [6.07, 6.45) is 1.15. The molecule has 0 bridgehead atoms. The molecule has 42 heavy (non-hydrogen) atoms. The molecular formula is C33H55N3O6. The molecule has 0 radical (unpaired) electrons. The molecule has 1 aliphatic rings. The van der Waals surface area contributed by atoms with Crippen molar-refractivity contribution >= 4 is 17.7 Å². The molecule has 1 aromatic carbocycles. The second-order valence-electron chi connectivity index (χ2n) is 12.4. The van der Waals surface area contributed by atoms with Crippen molar-refractivity contribution in [2.75, 3.05) is 27.8 Å². The molecule has 238 valence electrons. The number of likely N-dealkylation sites (N-methyl/N-ethyl adjacent to an activating group) is 1. The van der Waals surface area contributed by atoms with E-state index in [-0.39, 0.29) is 48.1 Å². The number of methoxy groups -OCH3 is 2. The molecule has 3 amide bonds. The fourth-order valence-electron chi connectivity index (χ4n) is 6.19. The van der Waals surface area contributed by atoms with Crippen LogP contribution < -0.4 is 5.32 Å². The fraction of sp³-hybridized carbons (Fsp3) is 0.727. The molecule has 1 fully saturated rings. The lowest BCUT2D eigenvalue weighted by Gasteiger charge is -2.39. The van der Waals surface area contributed by atoms with Gasteiger partial charge in [-0.1, -0.05) is 71.4 Å². The number of nitrogens with one attached hydrogen (secondary N) is 1. The number of hydrogen-bond donors (Lipinski definition) is 2. The van der Waals surface area contributed by atoms with Gasteiger partial charge in [-0.15, -0.1) is 0 Å². The first-order valence-corrected chi connectivity index (χ1v) is 15.5. The summed E-state index contributed by atoms with van der Waals surface area (Å²) >= 11 is 0. The van der Waals surface area contributed by atoms with Crippen molar-refractivity contribution in [3.63, 3.8) is 0 Å². The predicted octanol–water partition coefficient (Wildman–Crippen LogP) is 4.19. The minimum absolute atomic E-state index is 0.0507. The molecule has 2 unspecified atom stereocenters. The van der Waals surface area contributed by atoms with Gasteiger partial charge in [-0.25, -0.2) is 0 Å². The number of aliphatic hydroxyl groups excluding tert-OH is 1. The normalized spacial score (nSPS) is 20.4. The number of carbonyl (C=O) groups is 3. The maximum absolute atomic E-state index is 13.8. The van der Waals surface area contributed by atoms with Gasteiger partial charge in [0, 0.05) is 34.2 Å². The van der Waals surface area contributed by atoms with Crippen LogP contribution in [-0.2, 0) is 23.9 Å². The monoisotopic (exact) mass is 589 g/mol. The van der Waals surface area contributed by atoms with Crippen molar-refractivity contribution in [3.8, 4) is 0 Å². The predicted molar refractivity (Wildman–Crippen MR) is 165 cm³/mol. The van der Waals surface area contributed by atoms with Crippen molar-refractivity contribution in [1.82, 2.24) is 15.1 Å². The molecule has 1 heterocycles. The zero-order chi connectivity index (χ0) is 31.6. The molecule has 0 aliphatic carbocycles. The van der Waals surface area contributed by atoms with Crippen LogP contribution in [0.1, 0.15) is 85.3 Å². The van der Waals surface area contributed by atoms with Crippen molar-refractivity contribution < 1.29 is 29.0 Å². The quantitative estimate of drug-likeness (QED) is 0.299. The number of rotatable bonds is 16. The topological polar surface area (TPSA) is 108 Å². The van der Waals surface area contributed by atoms with Crippen LogP contribution in [0.3, 0.4) is 0 Å². The molecular weight excluding hydrogens is 534 g/mol. The van der Waals surface area contributed by atoms with E-state index in [1.54, 1.807) is 33.0 Å². The van der Waals surface area contributed by atoms with Crippen molar-refractivity contribution in [2.45, 2.75) is 110 Å². The Labute approximate surface area is 253 Å². The van der Waals surface area contributed by atoms with Crippen LogP contribution in [0.25, 0.3) is 0 Å². The smallest absolute Gasteiger partial charge is 0.225 e.